The minimum absolute atomic E-state index is 0.154. The highest BCUT2D eigenvalue weighted by atomic mass is 32.1. The summed E-state index contributed by atoms with van der Waals surface area (Å²) in [7, 11) is 0. The molecule has 1 unspecified atom stereocenters. The second-order valence-electron chi connectivity index (χ2n) is 9.90. The van der Waals surface area contributed by atoms with Crippen LogP contribution in [-0.4, -0.2) is 82.9 Å². The van der Waals surface area contributed by atoms with Gasteiger partial charge in [-0.3, -0.25) is 15.0 Å². The summed E-state index contributed by atoms with van der Waals surface area (Å²) >= 11 is 1.27. The summed E-state index contributed by atoms with van der Waals surface area (Å²) in [6, 6.07) is 7.72. The van der Waals surface area contributed by atoms with E-state index in [2.05, 4.69) is 10.2 Å². The van der Waals surface area contributed by atoms with E-state index in [1.165, 1.54) is 11.3 Å². The van der Waals surface area contributed by atoms with Gasteiger partial charge in [0, 0.05) is 48.7 Å². The largest absolute Gasteiger partial charge is 0.465 e. The number of carboxylic acid groups (broad SMARTS) is 1. The number of carbonyl (C=O) groups is 3. The maximum atomic E-state index is 13.5. The van der Waals surface area contributed by atoms with E-state index >= 15 is 0 Å². The topological polar surface area (TPSA) is 108 Å². The van der Waals surface area contributed by atoms with E-state index in [1.807, 2.05) is 38.1 Å². The molecule has 2 amide bonds. The Morgan fingerprint density at radius 1 is 1.18 bits per heavy atom. The van der Waals surface area contributed by atoms with Gasteiger partial charge in [0.1, 0.15) is 10.6 Å². The molecule has 4 heterocycles. The maximum absolute atomic E-state index is 13.5. The van der Waals surface area contributed by atoms with Crippen molar-refractivity contribution < 1.29 is 29.0 Å². The van der Waals surface area contributed by atoms with Crippen LogP contribution in [0.3, 0.4) is 0 Å². The van der Waals surface area contributed by atoms with Crippen LogP contribution in [0.5, 0.6) is 0 Å². The first kappa shape index (κ1) is 23.1. The van der Waals surface area contributed by atoms with E-state index in [-0.39, 0.29) is 17.9 Å². The van der Waals surface area contributed by atoms with Crippen molar-refractivity contribution in [1.29, 1.82) is 0 Å². The predicted octanol–water partition coefficient (Wildman–Crippen LogP) is 3.39. The van der Waals surface area contributed by atoms with Gasteiger partial charge in [0.25, 0.3) is 5.91 Å². The van der Waals surface area contributed by atoms with Gasteiger partial charge in [-0.05, 0) is 32.8 Å². The lowest BCUT2D eigenvalue weighted by Crippen LogP contribution is -2.59. The molecule has 34 heavy (non-hydrogen) atoms. The second kappa shape index (κ2) is 8.51. The molecule has 0 aliphatic carbocycles. The summed E-state index contributed by atoms with van der Waals surface area (Å²) in [5, 5.41) is 12.8. The summed E-state index contributed by atoms with van der Waals surface area (Å²) in [4.78, 5) is 41.5. The maximum Gasteiger partial charge on any atom is 0.409 e. The van der Waals surface area contributed by atoms with Gasteiger partial charge in [-0.25, -0.2) is 9.59 Å². The Bertz CT molecular complexity index is 1140. The number of carbonyl (C=O) groups excluding carboxylic acids is 2. The first-order valence-electron chi connectivity index (χ1n) is 11.6. The Kier molecular flexibility index (Phi) is 5.78. The van der Waals surface area contributed by atoms with Gasteiger partial charge in [-0.15, -0.1) is 11.3 Å². The first-order chi connectivity index (χ1) is 16.2. The van der Waals surface area contributed by atoms with E-state index < -0.39 is 17.3 Å². The van der Waals surface area contributed by atoms with E-state index in [9.17, 15) is 19.5 Å². The number of morpholine rings is 1. The molecule has 2 N–H and O–H groups in total. The zero-order valence-electron chi connectivity index (χ0n) is 19.3. The van der Waals surface area contributed by atoms with Crippen LogP contribution in [0.2, 0.25) is 0 Å². The lowest BCUT2D eigenvalue weighted by Gasteiger charge is -2.44. The quantitative estimate of drug-likeness (QED) is 0.639. The Morgan fingerprint density at radius 2 is 1.91 bits per heavy atom. The number of rotatable bonds is 3. The van der Waals surface area contributed by atoms with Crippen LogP contribution in [-0.2, 0) is 14.3 Å². The fourth-order valence-corrected chi connectivity index (χ4v) is 6.61. The number of hydrogen-bond donors (Lipinski definition) is 2. The normalized spacial score (nSPS) is 25.6. The lowest BCUT2D eigenvalue weighted by molar-refractivity contribution is -0.172. The van der Waals surface area contributed by atoms with Crippen LogP contribution in [0, 0.1) is 0 Å². The molecule has 10 heteroatoms. The zero-order chi connectivity index (χ0) is 24.1. The summed E-state index contributed by atoms with van der Waals surface area (Å²) < 4.78 is 12.4. The highest BCUT2D eigenvalue weighted by Crippen LogP contribution is 2.40. The van der Waals surface area contributed by atoms with Crippen molar-refractivity contribution >= 4 is 44.4 Å². The number of benzene rings is 1. The smallest absolute Gasteiger partial charge is 0.409 e. The summed E-state index contributed by atoms with van der Waals surface area (Å²) in [6.07, 6.45) is 0.917. The number of nitrogens with one attached hydrogen (secondary N) is 1. The van der Waals surface area contributed by atoms with Gasteiger partial charge >= 0.3 is 12.1 Å². The second-order valence-corrected chi connectivity index (χ2v) is 10.9. The molecule has 9 nitrogen and oxygen atoms in total. The summed E-state index contributed by atoms with van der Waals surface area (Å²) in [5.41, 5.74) is -1.01. The molecule has 2 aromatic rings. The number of piperidine rings is 1. The first-order valence-corrected chi connectivity index (χ1v) is 12.4. The van der Waals surface area contributed by atoms with Crippen molar-refractivity contribution in [2.45, 2.75) is 50.4 Å². The number of nitrogens with zero attached hydrogens (tertiary/aromatic N) is 2. The molecule has 0 bridgehead atoms. The standard InChI is InChI=1S/C24H29N3O6S/c1-23(2)13-24(21(29)33-23)14-27(11-12-32-24)15-7-9-26(10-8-15)20(28)18-16-5-3-4-6-17(16)34-19(18)25-22(30)31/h3-6,15,25H,7-14H2,1-2H3,(H,30,31). The van der Waals surface area contributed by atoms with Crippen molar-refractivity contribution in [3.63, 3.8) is 0 Å². The highest BCUT2D eigenvalue weighted by molar-refractivity contribution is 7.23. The Hall–Kier alpha value is -2.69. The van der Waals surface area contributed by atoms with Gasteiger partial charge in [0.05, 0.1) is 12.2 Å². The van der Waals surface area contributed by atoms with E-state index in [1.54, 1.807) is 4.90 Å². The molecule has 3 saturated heterocycles. The molecule has 3 fully saturated rings. The van der Waals surface area contributed by atoms with Crippen molar-refractivity contribution in [3.05, 3.63) is 29.8 Å². The van der Waals surface area contributed by atoms with Crippen molar-refractivity contribution in [2.24, 2.45) is 0 Å². The van der Waals surface area contributed by atoms with Gasteiger partial charge in [0.15, 0.2) is 5.60 Å². The SMILES string of the molecule is CC1(C)CC2(CN(C3CCN(C(=O)c4c(NC(=O)O)sc5ccccc45)CC3)CCO2)C(=O)O1. The molecule has 1 aromatic carbocycles. The molecule has 3 aliphatic rings. The number of cyclic esters (lactones) is 1. The highest BCUT2D eigenvalue weighted by Gasteiger charge is 2.56. The fraction of sp³-hybridized carbons (Fsp3) is 0.542. The van der Waals surface area contributed by atoms with Crippen LogP contribution in [0.15, 0.2) is 24.3 Å². The number of fused-ring (bicyclic) bond motifs is 1. The third-order valence-electron chi connectivity index (χ3n) is 6.97. The minimum Gasteiger partial charge on any atom is -0.465 e. The molecule has 5 rings (SSSR count). The third-order valence-corrected chi connectivity index (χ3v) is 8.05. The number of amides is 2. The zero-order valence-corrected chi connectivity index (χ0v) is 20.2. The number of likely N-dealkylation sites (tertiary alicyclic amines) is 1. The van der Waals surface area contributed by atoms with E-state index in [0.717, 1.165) is 29.5 Å². The van der Waals surface area contributed by atoms with Crippen LogP contribution >= 0.6 is 11.3 Å². The van der Waals surface area contributed by atoms with Crippen molar-refractivity contribution in [2.75, 3.05) is 38.1 Å². The Labute approximate surface area is 201 Å². The van der Waals surface area contributed by atoms with Gasteiger partial charge in [-0.1, -0.05) is 18.2 Å². The lowest BCUT2D eigenvalue weighted by atomic mass is 9.90. The molecule has 3 aliphatic heterocycles. The number of ether oxygens (including phenoxy) is 2. The number of hydrogen-bond acceptors (Lipinski definition) is 7. The average molecular weight is 488 g/mol. The van der Waals surface area contributed by atoms with E-state index in [0.29, 0.717) is 43.2 Å². The summed E-state index contributed by atoms with van der Waals surface area (Å²) in [5.74, 6) is -0.433. The average Bonchev–Trinajstić information content (AvgIpc) is 3.25. The molecule has 1 spiro atoms. The van der Waals surface area contributed by atoms with Gasteiger partial charge in [0.2, 0.25) is 0 Å². The minimum atomic E-state index is -1.19. The van der Waals surface area contributed by atoms with Crippen molar-refractivity contribution in [3.8, 4) is 0 Å². The number of thiophene rings is 1. The van der Waals surface area contributed by atoms with Gasteiger partial charge in [-0.2, -0.15) is 0 Å². The van der Waals surface area contributed by atoms with Crippen LogP contribution in [0.1, 0.15) is 43.5 Å². The van der Waals surface area contributed by atoms with Crippen LogP contribution in [0.25, 0.3) is 10.1 Å². The number of anilines is 1. The van der Waals surface area contributed by atoms with Crippen LogP contribution in [0.4, 0.5) is 9.80 Å². The van der Waals surface area contributed by atoms with Crippen molar-refractivity contribution in [1.82, 2.24) is 9.80 Å². The van der Waals surface area contributed by atoms with E-state index in [4.69, 9.17) is 9.47 Å². The van der Waals surface area contributed by atoms with Crippen LogP contribution < -0.4 is 5.32 Å². The Morgan fingerprint density at radius 3 is 2.59 bits per heavy atom. The van der Waals surface area contributed by atoms with Gasteiger partial charge < -0.3 is 19.5 Å². The Balaban J connectivity index is 1.28. The third kappa shape index (κ3) is 4.14. The fourth-order valence-electron chi connectivity index (χ4n) is 5.53. The molecular weight excluding hydrogens is 458 g/mol. The number of esters is 1. The monoisotopic (exact) mass is 487 g/mol. The predicted molar refractivity (Wildman–Crippen MR) is 127 cm³/mol. The molecule has 0 saturated carbocycles. The summed E-state index contributed by atoms with van der Waals surface area (Å²) in [6.45, 7) is 6.70. The molecule has 182 valence electrons. The molecular formula is C24H29N3O6S. The molecule has 1 aromatic heterocycles. The molecule has 0 radical (unpaired) electrons. The molecule has 1 atom stereocenters.